The molecule has 0 radical (unpaired) electrons. The van der Waals surface area contributed by atoms with Crippen LogP contribution in [0.5, 0.6) is 0 Å². The minimum atomic E-state index is -0.0325. The SMILES string of the molecule is COCC[C@@H]1OC[C@H](C)O1. The van der Waals surface area contributed by atoms with Crippen molar-refractivity contribution in [3.8, 4) is 0 Å². The summed E-state index contributed by atoms with van der Waals surface area (Å²) in [5.41, 5.74) is 0. The van der Waals surface area contributed by atoms with Crippen molar-refractivity contribution in [2.75, 3.05) is 20.3 Å². The molecule has 3 nitrogen and oxygen atoms in total. The lowest BCUT2D eigenvalue weighted by atomic mass is 10.4. The van der Waals surface area contributed by atoms with Crippen molar-refractivity contribution in [1.29, 1.82) is 0 Å². The molecule has 0 aliphatic carbocycles. The maximum atomic E-state index is 5.36. The first-order chi connectivity index (χ1) is 4.83. The molecule has 0 aromatic heterocycles. The lowest BCUT2D eigenvalue weighted by Gasteiger charge is -2.07. The van der Waals surface area contributed by atoms with Crippen molar-refractivity contribution in [3.63, 3.8) is 0 Å². The van der Waals surface area contributed by atoms with Crippen LogP contribution >= 0.6 is 0 Å². The second kappa shape index (κ2) is 3.91. The van der Waals surface area contributed by atoms with Gasteiger partial charge in [0.1, 0.15) is 0 Å². The Morgan fingerprint density at radius 2 is 2.40 bits per heavy atom. The second-order valence-corrected chi connectivity index (χ2v) is 2.49. The van der Waals surface area contributed by atoms with E-state index in [1.54, 1.807) is 7.11 Å². The highest BCUT2D eigenvalue weighted by Gasteiger charge is 2.21. The van der Waals surface area contributed by atoms with Gasteiger partial charge in [-0.25, -0.2) is 0 Å². The molecule has 1 fully saturated rings. The Morgan fingerprint density at radius 1 is 1.60 bits per heavy atom. The molecule has 1 aliphatic heterocycles. The summed E-state index contributed by atoms with van der Waals surface area (Å²) in [6.07, 6.45) is 1.05. The number of hydrogen-bond donors (Lipinski definition) is 0. The van der Waals surface area contributed by atoms with Gasteiger partial charge in [-0.1, -0.05) is 0 Å². The molecule has 3 heteroatoms. The van der Waals surface area contributed by atoms with E-state index in [2.05, 4.69) is 0 Å². The Morgan fingerprint density at radius 3 is 2.90 bits per heavy atom. The minimum Gasteiger partial charge on any atom is -0.384 e. The number of ether oxygens (including phenoxy) is 3. The van der Waals surface area contributed by atoms with Crippen LogP contribution in [-0.2, 0) is 14.2 Å². The number of hydrogen-bond acceptors (Lipinski definition) is 3. The van der Waals surface area contributed by atoms with Gasteiger partial charge in [0.25, 0.3) is 0 Å². The monoisotopic (exact) mass is 146 g/mol. The summed E-state index contributed by atoms with van der Waals surface area (Å²) in [5.74, 6) is 0. The van der Waals surface area contributed by atoms with E-state index in [0.717, 1.165) is 6.42 Å². The molecule has 2 atom stereocenters. The van der Waals surface area contributed by atoms with Crippen LogP contribution in [0.25, 0.3) is 0 Å². The van der Waals surface area contributed by atoms with Gasteiger partial charge in [-0.05, 0) is 6.92 Å². The van der Waals surface area contributed by atoms with Crippen LogP contribution in [0.15, 0.2) is 0 Å². The first-order valence-electron chi connectivity index (χ1n) is 3.59. The minimum absolute atomic E-state index is 0.0325. The molecule has 0 aromatic carbocycles. The normalized spacial score (nSPS) is 33.0. The predicted octanol–water partition coefficient (Wildman–Crippen LogP) is 0.784. The Bertz CT molecular complexity index is 94.9. The van der Waals surface area contributed by atoms with Crippen LogP contribution in [-0.4, -0.2) is 32.7 Å². The van der Waals surface area contributed by atoms with Crippen molar-refractivity contribution in [2.45, 2.75) is 25.7 Å². The smallest absolute Gasteiger partial charge is 0.160 e. The maximum Gasteiger partial charge on any atom is 0.160 e. The van der Waals surface area contributed by atoms with Crippen LogP contribution in [0, 0.1) is 0 Å². The average Bonchev–Trinajstić information content (AvgIpc) is 2.31. The Balaban J connectivity index is 2.06. The Labute approximate surface area is 61.3 Å². The zero-order chi connectivity index (χ0) is 7.40. The Kier molecular flexibility index (Phi) is 3.12. The summed E-state index contributed by atoms with van der Waals surface area (Å²) in [7, 11) is 1.68. The van der Waals surface area contributed by atoms with Gasteiger partial charge in [-0.15, -0.1) is 0 Å². The van der Waals surface area contributed by atoms with Gasteiger partial charge in [0.15, 0.2) is 6.29 Å². The summed E-state index contributed by atoms with van der Waals surface area (Å²) in [5, 5.41) is 0. The van der Waals surface area contributed by atoms with Crippen molar-refractivity contribution in [2.24, 2.45) is 0 Å². The van der Waals surface area contributed by atoms with E-state index in [4.69, 9.17) is 14.2 Å². The molecule has 0 bridgehead atoms. The highest BCUT2D eigenvalue weighted by atomic mass is 16.7. The van der Waals surface area contributed by atoms with Crippen LogP contribution in [0.3, 0.4) is 0 Å². The molecule has 1 rings (SSSR count). The van der Waals surface area contributed by atoms with Crippen molar-refractivity contribution < 1.29 is 14.2 Å². The standard InChI is InChI=1S/C7H14O3/c1-6-5-9-7(10-6)3-4-8-2/h6-7H,3-5H2,1-2H3/t6-,7+/m0/s1. The van der Waals surface area contributed by atoms with Gasteiger partial charge in [-0.2, -0.15) is 0 Å². The third-order valence-electron chi connectivity index (χ3n) is 1.46. The van der Waals surface area contributed by atoms with E-state index in [1.165, 1.54) is 0 Å². The van der Waals surface area contributed by atoms with Gasteiger partial charge in [0, 0.05) is 13.5 Å². The molecule has 10 heavy (non-hydrogen) atoms. The van der Waals surface area contributed by atoms with E-state index < -0.39 is 0 Å². The van der Waals surface area contributed by atoms with Gasteiger partial charge in [-0.3, -0.25) is 0 Å². The van der Waals surface area contributed by atoms with Crippen LogP contribution < -0.4 is 0 Å². The summed E-state index contributed by atoms with van der Waals surface area (Å²) in [6.45, 7) is 3.43. The lowest BCUT2D eigenvalue weighted by Crippen LogP contribution is -2.11. The topological polar surface area (TPSA) is 27.7 Å². The lowest BCUT2D eigenvalue weighted by molar-refractivity contribution is -0.0695. The third kappa shape index (κ3) is 2.25. The quantitative estimate of drug-likeness (QED) is 0.589. The largest absolute Gasteiger partial charge is 0.384 e. The molecule has 60 valence electrons. The van der Waals surface area contributed by atoms with E-state index in [-0.39, 0.29) is 12.4 Å². The molecule has 1 heterocycles. The fraction of sp³-hybridized carbons (Fsp3) is 1.00. The summed E-state index contributed by atoms with van der Waals surface area (Å²) in [6, 6.07) is 0. The molecule has 1 aliphatic rings. The maximum absolute atomic E-state index is 5.36. The van der Waals surface area contributed by atoms with Crippen LogP contribution in [0.1, 0.15) is 13.3 Å². The predicted molar refractivity (Wildman–Crippen MR) is 36.8 cm³/mol. The highest BCUT2D eigenvalue weighted by molar-refractivity contribution is 4.59. The van der Waals surface area contributed by atoms with Gasteiger partial charge >= 0.3 is 0 Å². The zero-order valence-corrected chi connectivity index (χ0v) is 6.50. The van der Waals surface area contributed by atoms with Crippen LogP contribution in [0.4, 0.5) is 0 Å². The van der Waals surface area contributed by atoms with Crippen molar-refractivity contribution >= 4 is 0 Å². The fourth-order valence-corrected chi connectivity index (χ4v) is 0.946. The van der Waals surface area contributed by atoms with E-state index >= 15 is 0 Å². The second-order valence-electron chi connectivity index (χ2n) is 2.49. The molecule has 0 spiro atoms. The molecule has 0 unspecified atom stereocenters. The summed E-state index contributed by atoms with van der Waals surface area (Å²) < 4.78 is 15.5. The molecule has 0 saturated carbocycles. The zero-order valence-electron chi connectivity index (χ0n) is 6.50. The van der Waals surface area contributed by atoms with Crippen LogP contribution in [0.2, 0.25) is 0 Å². The molecule has 0 amide bonds. The van der Waals surface area contributed by atoms with Crippen molar-refractivity contribution in [3.05, 3.63) is 0 Å². The summed E-state index contributed by atoms with van der Waals surface area (Å²) in [4.78, 5) is 0. The molecule has 0 aromatic rings. The van der Waals surface area contributed by atoms with Gasteiger partial charge in [0.2, 0.25) is 0 Å². The first kappa shape index (κ1) is 7.98. The third-order valence-corrected chi connectivity index (χ3v) is 1.46. The van der Waals surface area contributed by atoms with Gasteiger partial charge in [0.05, 0.1) is 19.3 Å². The van der Waals surface area contributed by atoms with Crippen molar-refractivity contribution in [1.82, 2.24) is 0 Å². The molecule has 1 saturated heterocycles. The molecular weight excluding hydrogens is 132 g/mol. The Hall–Kier alpha value is -0.120. The highest BCUT2D eigenvalue weighted by Crippen LogP contribution is 2.13. The first-order valence-corrected chi connectivity index (χ1v) is 3.59. The molecular formula is C7H14O3. The number of methoxy groups -OCH3 is 1. The molecule has 0 N–H and O–H groups in total. The average molecular weight is 146 g/mol. The van der Waals surface area contributed by atoms with Gasteiger partial charge < -0.3 is 14.2 Å². The van der Waals surface area contributed by atoms with E-state index in [1.807, 2.05) is 6.92 Å². The summed E-state index contributed by atoms with van der Waals surface area (Å²) >= 11 is 0. The fourth-order valence-electron chi connectivity index (χ4n) is 0.946. The van der Waals surface area contributed by atoms with E-state index in [9.17, 15) is 0 Å². The van der Waals surface area contributed by atoms with E-state index in [0.29, 0.717) is 13.2 Å². The number of rotatable bonds is 3.